The van der Waals surface area contributed by atoms with Crippen LogP contribution in [0.3, 0.4) is 0 Å². The van der Waals surface area contributed by atoms with Gasteiger partial charge < -0.3 is 10.2 Å². The molecule has 2 atom stereocenters. The number of nitrogens with zero attached hydrogens (tertiary/aromatic N) is 2. The van der Waals surface area contributed by atoms with E-state index in [-0.39, 0.29) is 23.8 Å². The van der Waals surface area contributed by atoms with Gasteiger partial charge in [-0.15, -0.1) is 0 Å². The van der Waals surface area contributed by atoms with Gasteiger partial charge in [-0.25, -0.2) is 0 Å². The normalized spacial score (nSPS) is 17.1. The number of aryl methyl sites for hydroxylation is 1. The van der Waals surface area contributed by atoms with E-state index in [4.69, 9.17) is 0 Å². The summed E-state index contributed by atoms with van der Waals surface area (Å²) in [5.74, 6) is 0.152. The summed E-state index contributed by atoms with van der Waals surface area (Å²) in [5.41, 5.74) is 4.01. The van der Waals surface area contributed by atoms with E-state index in [1.807, 2.05) is 42.5 Å². The lowest BCUT2D eigenvalue weighted by molar-refractivity contribution is -0.138. The van der Waals surface area contributed by atoms with Crippen LogP contribution in [0.4, 0.5) is 0 Å². The summed E-state index contributed by atoms with van der Waals surface area (Å²) in [4.78, 5) is 27.7. The number of nitriles is 1. The van der Waals surface area contributed by atoms with E-state index in [0.29, 0.717) is 25.9 Å². The molecular weight excluding hydrogens is 434 g/mol. The third-order valence-electron chi connectivity index (χ3n) is 7.73. The molecule has 2 amide bonds. The van der Waals surface area contributed by atoms with Crippen LogP contribution in [0.2, 0.25) is 0 Å². The highest BCUT2D eigenvalue weighted by molar-refractivity contribution is 5.88. The first-order valence-corrected chi connectivity index (χ1v) is 12.9. The summed E-state index contributed by atoms with van der Waals surface area (Å²) < 4.78 is 0. The Hall–Kier alpha value is -3.13. The van der Waals surface area contributed by atoms with Gasteiger partial charge in [0.2, 0.25) is 11.8 Å². The number of carbonyl (C=O) groups is 2. The van der Waals surface area contributed by atoms with Crippen LogP contribution in [0.1, 0.15) is 74.6 Å². The average molecular weight is 474 g/mol. The molecule has 1 fully saturated rings. The Morgan fingerprint density at radius 1 is 1.11 bits per heavy atom. The minimum atomic E-state index is -0.547. The molecule has 1 saturated heterocycles. The number of nitrogens with one attached hydrogen (secondary N) is 1. The number of likely N-dealkylation sites (tertiary alicyclic amines) is 1. The van der Waals surface area contributed by atoms with Crippen LogP contribution in [-0.2, 0) is 21.5 Å². The molecule has 5 nitrogen and oxygen atoms in total. The van der Waals surface area contributed by atoms with Crippen molar-refractivity contribution in [3.8, 4) is 6.07 Å². The summed E-state index contributed by atoms with van der Waals surface area (Å²) in [6.45, 7) is 9.44. The van der Waals surface area contributed by atoms with Crippen molar-refractivity contribution in [1.29, 1.82) is 5.26 Å². The van der Waals surface area contributed by atoms with Crippen LogP contribution in [0.25, 0.3) is 0 Å². The average Bonchev–Trinajstić information content (AvgIpc) is 3.35. The van der Waals surface area contributed by atoms with E-state index in [0.717, 1.165) is 36.8 Å². The minimum Gasteiger partial charge on any atom is -0.350 e. The molecule has 0 radical (unpaired) electrons. The molecule has 0 aliphatic carbocycles. The fourth-order valence-corrected chi connectivity index (χ4v) is 5.22. The number of amides is 2. The summed E-state index contributed by atoms with van der Waals surface area (Å²) in [7, 11) is 0. The maximum absolute atomic E-state index is 13.0. The van der Waals surface area contributed by atoms with Gasteiger partial charge in [0.25, 0.3) is 0 Å². The van der Waals surface area contributed by atoms with Crippen molar-refractivity contribution in [2.75, 3.05) is 6.54 Å². The number of unbranched alkanes of at least 4 members (excludes halogenated alkanes) is 1. The predicted octanol–water partition coefficient (Wildman–Crippen LogP) is 5.59. The highest BCUT2D eigenvalue weighted by Crippen LogP contribution is 2.37. The molecule has 0 saturated carbocycles. The standard InChI is InChI=1S/C30H39N3O2/c1-22(2)30(21-31,26-14-6-5-7-15-26)18-9-8-17-28(34)33-19-11-16-27(33)29(35)32-20-25-13-10-12-23(3)24(25)4/h5-7,10,12-15,22,27H,8-9,11,16-20H2,1-4H3,(H,32,35)/t27-,30+/m1/s1. The molecule has 1 aliphatic heterocycles. The second-order valence-corrected chi connectivity index (χ2v) is 10.1. The molecule has 0 unspecified atom stereocenters. The molecule has 1 heterocycles. The lowest BCUT2D eigenvalue weighted by atomic mass is 9.69. The Morgan fingerprint density at radius 3 is 2.54 bits per heavy atom. The second-order valence-electron chi connectivity index (χ2n) is 10.1. The van der Waals surface area contributed by atoms with E-state index in [1.165, 1.54) is 11.1 Å². The van der Waals surface area contributed by atoms with Crippen molar-refractivity contribution < 1.29 is 9.59 Å². The summed E-state index contributed by atoms with van der Waals surface area (Å²) >= 11 is 0. The summed E-state index contributed by atoms with van der Waals surface area (Å²) in [6, 6.07) is 18.3. The fourth-order valence-electron chi connectivity index (χ4n) is 5.22. The van der Waals surface area contributed by atoms with E-state index in [1.54, 1.807) is 4.90 Å². The molecule has 3 rings (SSSR count). The van der Waals surface area contributed by atoms with Crippen LogP contribution in [0.5, 0.6) is 0 Å². The van der Waals surface area contributed by atoms with E-state index in [2.05, 4.69) is 45.1 Å². The van der Waals surface area contributed by atoms with E-state index >= 15 is 0 Å². The van der Waals surface area contributed by atoms with Gasteiger partial charge in [0.15, 0.2) is 0 Å². The highest BCUT2D eigenvalue weighted by Gasteiger charge is 2.36. The van der Waals surface area contributed by atoms with Crippen molar-refractivity contribution in [2.45, 2.75) is 84.2 Å². The van der Waals surface area contributed by atoms with Crippen LogP contribution >= 0.6 is 0 Å². The molecule has 1 N–H and O–H groups in total. The first-order chi connectivity index (χ1) is 16.8. The SMILES string of the molecule is Cc1cccc(CNC(=O)[C@H]2CCCN2C(=O)CCCC[C@@](C#N)(c2ccccc2)C(C)C)c1C. The largest absolute Gasteiger partial charge is 0.350 e. The van der Waals surface area contributed by atoms with Gasteiger partial charge in [0.05, 0.1) is 11.5 Å². The Bertz CT molecular complexity index is 1060. The lowest BCUT2D eigenvalue weighted by Gasteiger charge is -2.31. The molecule has 5 heteroatoms. The maximum Gasteiger partial charge on any atom is 0.243 e. The van der Waals surface area contributed by atoms with Crippen molar-refractivity contribution >= 4 is 11.8 Å². The zero-order valence-electron chi connectivity index (χ0n) is 21.6. The third kappa shape index (κ3) is 6.11. The van der Waals surface area contributed by atoms with Gasteiger partial charge in [-0.1, -0.05) is 68.8 Å². The van der Waals surface area contributed by atoms with Gasteiger partial charge >= 0.3 is 0 Å². The fraction of sp³-hybridized carbons (Fsp3) is 0.500. The number of rotatable bonds is 10. The molecule has 0 spiro atoms. The van der Waals surface area contributed by atoms with Crippen LogP contribution < -0.4 is 5.32 Å². The van der Waals surface area contributed by atoms with Crippen LogP contribution in [0.15, 0.2) is 48.5 Å². The lowest BCUT2D eigenvalue weighted by Crippen LogP contribution is -2.45. The molecule has 0 aromatic heterocycles. The summed E-state index contributed by atoms with van der Waals surface area (Å²) in [6.07, 6.45) is 4.21. The smallest absolute Gasteiger partial charge is 0.243 e. The van der Waals surface area contributed by atoms with Gasteiger partial charge in [-0.05, 0) is 67.7 Å². The van der Waals surface area contributed by atoms with Crippen molar-refractivity contribution in [3.63, 3.8) is 0 Å². The van der Waals surface area contributed by atoms with Crippen LogP contribution in [0, 0.1) is 31.1 Å². The molecular formula is C30H39N3O2. The Labute approximate surface area is 210 Å². The molecule has 2 aromatic rings. The topological polar surface area (TPSA) is 73.2 Å². The Balaban J connectivity index is 1.53. The Morgan fingerprint density at radius 2 is 1.86 bits per heavy atom. The number of carbonyl (C=O) groups excluding carboxylic acids is 2. The van der Waals surface area contributed by atoms with Crippen molar-refractivity contribution in [1.82, 2.24) is 10.2 Å². The highest BCUT2D eigenvalue weighted by atomic mass is 16.2. The molecule has 35 heavy (non-hydrogen) atoms. The van der Waals surface area contributed by atoms with Gasteiger partial charge in [0.1, 0.15) is 6.04 Å². The van der Waals surface area contributed by atoms with E-state index in [9.17, 15) is 14.9 Å². The number of hydrogen-bond acceptors (Lipinski definition) is 3. The zero-order chi connectivity index (χ0) is 25.4. The van der Waals surface area contributed by atoms with Crippen molar-refractivity contribution in [3.05, 3.63) is 70.8 Å². The molecule has 0 bridgehead atoms. The molecule has 2 aromatic carbocycles. The second kappa shape index (κ2) is 12.0. The maximum atomic E-state index is 13.0. The first-order valence-electron chi connectivity index (χ1n) is 12.9. The van der Waals surface area contributed by atoms with Gasteiger partial charge in [-0.3, -0.25) is 9.59 Å². The quantitative estimate of drug-likeness (QED) is 0.457. The van der Waals surface area contributed by atoms with Gasteiger partial charge in [0, 0.05) is 19.5 Å². The van der Waals surface area contributed by atoms with Crippen molar-refractivity contribution in [2.24, 2.45) is 5.92 Å². The predicted molar refractivity (Wildman–Crippen MR) is 140 cm³/mol. The van der Waals surface area contributed by atoms with Crippen LogP contribution in [-0.4, -0.2) is 29.3 Å². The third-order valence-corrected chi connectivity index (χ3v) is 7.73. The minimum absolute atomic E-state index is 0.0428. The monoisotopic (exact) mass is 473 g/mol. The zero-order valence-corrected chi connectivity index (χ0v) is 21.6. The molecule has 1 aliphatic rings. The van der Waals surface area contributed by atoms with Gasteiger partial charge in [-0.2, -0.15) is 5.26 Å². The molecule has 186 valence electrons. The number of hydrogen-bond donors (Lipinski definition) is 1. The Kier molecular flexibility index (Phi) is 9.09. The summed E-state index contributed by atoms with van der Waals surface area (Å²) in [5, 5.41) is 13.1. The number of benzene rings is 2. The first kappa shape index (κ1) is 26.5. The van der Waals surface area contributed by atoms with E-state index < -0.39 is 5.41 Å².